The van der Waals surface area contributed by atoms with E-state index in [4.69, 9.17) is 10.00 Å². The fourth-order valence-corrected chi connectivity index (χ4v) is 2.47. The third kappa shape index (κ3) is 4.22. The molecular weight excluding hydrogens is 250 g/mol. The zero-order chi connectivity index (χ0) is 14.4. The lowest BCUT2D eigenvalue weighted by Gasteiger charge is -2.22. The SMILES string of the molecule is CC(C)NC(C#N)CCN1CCOc2ccccc2C1. The normalized spacial score (nSPS) is 16.9. The quantitative estimate of drug-likeness (QED) is 0.893. The van der Waals surface area contributed by atoms with Gasteiger partial charge >= 0.3 is 0 Å². The van der Waals surface area contributed by atoms with E-state index < -0.39 is 0 Å². The van der Waals surface area contributed by atoms with Crippen LogP contribution in [0.3, 0.4) is 0 Å². The topological polar surface area (TPSA) is 48.3 Å². The van der Waals surface area contributed by atoms with Crippen LogP contribution >= 0.6 is 0 Å². The van der Waals surface area contributed by atoms with Gasteiger partial charge in [0.1, 0.15) is 12.4 Å². The molecule has 0 bridgehead atoms. The van der Waals surface area contributed by atoms with Crippen molar-refractivity contribution in [3.8, 4) is 11.8 Å². The van der Waals surface area contributed by atoms with E-state index in [9.17, 15) is 0 Å². The fraction of sp³-hybridized carbons (Fsp3) is 0.562. The van der Waals surface area contributed by atoms with Crippen molar-refractivity contribution in [3.05, 3.63) is 29.8 Å². The highest BCUT2D eigenvalue weighted by Crippen LogP contribution is 2.22. The maximum absolute atomic E-state index is 9.16. The number of para-hydroxylation sites is 1. The number of hydrogen-bond donors (Lipinski definition) is 1. The number of rotatable bonds is 5. The minimum atomic E-state index is -0.0746. The molecule has 0 spiro atoms. The first kappa shape index (κ1) is 14.8. The van der Waals surface area contributed by atoms with Crippen molar-refractivity contribution in [1.29, 1.82) is 5.26 Å². The molecule has 0 fully saturated rings. The maximum atomic E-state index is 9.16. The predicted molar refractivity (Wildman–Crippen MR) is 79.5 cm³/mol. The summed E-state index contributed by atoms with van der Waals surface area (Å²) in [5.74, 6) is 0.993. The lowest BCUT2D eigenvalue weighted by molar-refractivity contribution is 0.219. The van der Waals surface area contributed by atoms with Gasteiger partial charge in [-0.1, -0.05) is 18.2 Å². The minimum absolute atomic E-state index is 0.0746. The van der Waals surface area contributed by atoms with Crippen LogP contribution in [-0.4, -0.2) is 36.7 Å². The average molecular weight is 273 g/mol. The molecule has 1 unspecified atom stereocenters. The van der Waals surface area contributed by atoms with Crippen LogP contribution in [0.4, 0.5) is 0 Å². The Hall–Kier alpha value is -1.57. The molecule has 1 aliphatic rings. The molecule has 4 nitrogen and oxygen atoms in total. The minimum Gasteiger partial charge on any atom is -0.492 e. The van der Waals surface area contributed by atoms with Crippen molar-refractivity contribution in [2.45, 2.75) is 38.9 Å². The summed E-state index contributed by atoms with van der Waals surface area (Å²) in [7, 11) is 0. The lowest BCUT2D eigenvalue weighted by Crippen LogP contribution is -2.37. The highest BCUT2D eigenvalue weighted by Gasteiger charge is 2.16. The van der Waals surface area contributed by atoms with Gasteiger partial charge in [0.25, 0.3) is 0 Å². The molecule has 1 atom stereocenters. The van der Waals surface area contributed by atoms with Crippen LogP contribution in [0.15, 0.2) is 24.3 Å². The highest BCUT2D eigenvalue weighted by molar-refractivity contribution is 5.33. The average Bonchev–Trinajstić information content (AvgIpc) is 2.64. The summed E-state index contributed by atoms with van der Waals surface area (Å²) in [6.45, 7) is 7.58. The Balaban J connectivity index is 1.89. The molecule has 2 rings (SSSR count). The van der Waals surface area contributed by atoms with Crippen LogP contribution in [0, 0.1) is 11.3 Å². The molecular formula is C16H23N3O. The van der Waals surface area contributed by atoms with E-state index in [2.05, 4.69) is 36.2 Å². The van der Waals surface area contributed by atoms with Crippen LogP contribution in [0.25, 0.3) is 0 Å². The van der Waals surface area contributed by atoms with Gasteiger partial charge in [-0.2, -0.15) is 5.26 Å². The van der Waals surface area contributed by atoms with Crippen molar-refractivity contribution in [3.63, 3.8) is 0 Å². The van der Waals surface area contributed by atoms with E-state index in [0.717, 1.165) is 31.8 Å². The first-order valence-electron chi connectivity index (χ1n) is 7.27. The van der Waals surface area contributed by atoms with Gasteiger partial charge in [-0.3, -0.25) is 10.2 Å². The number of nitriles is 1. The Kier molecular flexibility index (Phi) is 5.40. The summed E-state index contributed by atoms with van der Waals surface area (Å²) in [4.78, 5) is 2.36. The summed E-state index contributed by atoms with van der Waals surface area (Å²) in [6.07, 6.45) is 0.844. The van der Waals surface area contributed by atoms with Crippen molar-refractivity contribution in [1.82, 2.24) is 10.2 Å². The van der Waals surface area contributed by atoms with Gasteiger partial charge in [0, 0.05) is 31.2 Å². The van der Waals surface area contributed by atoms with E-state index in [1.165, 1.54) is 5.56 Å². The van der Waals surface area contributed by atoms with Crippen molar-refractivity contribution in [2.75, 3.05) is 19.7 Å². The Labute approximate surface area is 121 Å². The second-order valence-corrected chi connectivity index (χ2v) is 5.52. The molecule has 1 aromatic carbocycles. The van der Waals surface area contributed by atoms with E-state index in [1.807, 2.05) is 18.2 Å². The summed E-state index contributed by atoms with van der Waals surface area (Å²) in [6, 6.07) is 10.8. The number of nitrogens with one attached hydrogen (secondary N) is 1. The number of benzene rings is 1. The molecule has 1 aromatic rings. The first-order chi connectivity index (χ1) is 9.69. The molecule has 0 amide bonds. The predicted octanol–water partition coefficient (Wildman–Crippen LogP) is 2.16. The molecule has 0 aromatic heterocycles. The molecule has 0 saturated heterocycles. The largest absolute Gasteiger partial charge is 0.492 e. The maximum Gasteiger partial charge on any atom is 0.123 e. The standard InChI is InChI=1S/C16H23N3O/c1-13(2)18-15(11-17)7-8-19-9-10-20-16-6-4-3-5-14(16)12-19/h3-6,13,15,18H,7-10,12H2,1-2H3. The molecule has 1 N–H and O–H groups in total. The van der Waals surface area contributed by atoms with Gasteiger partial charge in [-0.25, -0.2) is 0 Å². The van der Waals surface area contributed by atoms with E-state index >= 15 is 0 Å². The Morgan fingerprint density at radius 1 is 1.40 bits per heavy atom. The molecule has 0 aliphatic carbocycles. The summed E-state index contributed by atoms with van der Waals surface area (Å²) < 4.78 is 5.75. The van der Waals surface area contributed by atoms with Gasteiger partial charge in [-0.05, 0) is 26.3 Å². The monoisotopic (exact) mass is 273 g/mol. The fourth-order valence-electron chi connectivity index (χ4n) is 2.47. The summed E-state index contributed by atoms with van der Waals surface area (Å²) in [5, 5.41) is 12.4. The van der Waals surface area contributed by atoms with Crippen LogP contribution in [0.1, 0.15) is 25.8 Å². The van der Waals surface area contributed by atoms with Gasteiger partial charge in [0.15, 0.2) is 0 Å². The lowest BCUT2D eigenvalue weighted by atomic mass is 10.1. The number of nitrogens with zero attached hydrogens (tertiary/aromatic N) is 2. The zero-order valence-corrected chi connectivity index (χ0v) is 12.3. The molecule has 1 heterocycles. The number of fused-ring (bicyclic) bond motifs is 1. The summed E-state index contributed by atoms with van der Waals surface area (Å²) >= 11 is 0. The van der Waals surface area contributed by atoms with Gasteiger partial charge in [-0.15, -0.1) is 0 Å². The van der Waals surface area contributed by atoms with Crippen LogP contribution in [0.2, 0.25) is 0 Å². The zero-order valence-electron chi connectivity index (χ0n) is 12.3. The Morgan fingerprint density at radius 2 is 2.20 bits per heavy atom. The summed E-state index contributed by atoms with van der Waals surface area (Å²) in [5.41, 5.74) is 1.23. The highest BCUT2D eigenvalue weighted by atomic mass is 16.5. The molecule has 108 valence electrons. The molecule has 20 heavy (non-hydrogen) atoms. The molecule has 0 radical (unpaired) electrons. The smallest absolute Gasteiger partial charge is 0.123 e. The molecule has 1 aliphatic heterocycles. The Morgan fingerprint density at radius 3 is 2.95 bits per heavy atom. The van der Waals surface area contributed by atoms with Crippen LogP contribution in [-0.2, 0) is 6.54 Å². The Bertz CT molecular complexity index is 467. The third-order valence-corrected chi connectivity index (χ3v) is 3.46. The molecule has 0 saturated carbocycles. The third-order valence-electron chi connectivity index (χ3n) is 3.46. The second kappa shape index (κ2) is 7.28. The number of ether oxygens (including phenoxy) is 1. The van der Waals surface area contributed by atoms with Crippen LogP contribution < -0.4 is 10.1 Å². The van der Waals surface area contributed by atoms with Crippen molar-refractivity contribution >= 4 is 0 Å². The molecule has 4 heteroatoms. The van der Waals surface area contributed by atoms with E-state index in [1.54, 1.807) is 0 Å². The van der Waals surface area contributed by atoms with Gasteiger partial charge in [0.05, 0.1) is 12.1 Å². The van der Waals surface area contributed by atoms with Gasteiger partial charge < -0.3 is 4.74 Å². The van der Waals surface area contributed by atoms with E-state index in [0.29, 0.717) is 12.6 Å². The van der Waals surface area contributed by atoms with Gasteiger partial charge in [0.2, 0.25) is 0 Å². The second-order valence-electron chi connectivity index (χ2n) is 5.52. The number of hydrogen-bond acceptors (Lipinski definition) is 4. The van der Waals surface area contributed by atoms with Crippen LogP contribution in [0.5, 0.6) is 5.75 Å². The first-order valence-corrected chi connectivity index (χ1v) is 7.27. The van der Waals surface area contributed by atoms with Crippen molar-refractivity contribution in [2.24, 2.45) is 0 Å². The van der Waals surface area contributed by atoms with E-state index in [-0.39, 0.29) is 6.04 Å². The van der Waals surface area contributed by atoms with Crippen molar-refractivity contribution < 1.29 is 4.74 Å².